The minimum atomic E-state index is -1.57. The Balaban J connectivity index is 2.42. The molecule has 1 fully saturated rings. The number of aliphatic hydroxyl groups excluding tert-OH is 5. The third kappa shape index (κ3) is 27.2. The molecule has 1 aliphatic rings. The number of hydrogen-bond donors (Lipinski definition) is 6. The van der Waals surface area contributed by atoms with Crippen molar-refractivity contribution in [1.82, 2.24) is 5.32 Å². The maximum absolute atomic E-state index is 12.9. The predicted molar refractivity (Wildman–Crippen MR) is 226 cm³/mol. The fraction of sp³-hybridized carbons (Fsp3) is 0.761. The van der Waals surface area contributed by atoms with Gasteiger partial charge in [-0.05, 0) is 38.5 Å². The van der Waals surface area contributed by atoms with E-state index in [-0.39, 0.29) is 18.9 Å². The lowest BCUT2D eigenvalue weighted by Crippen LogP contribution is -2.60. The van der Waals surface area contributed by atoms with Crippen LogP contribution in [0.15, 0.2) is 60.8 Å². The molecule has 318 valence electrons. The first-order valence-corrected chi connectivity index (χ1v) is 22.0. The Morgan fingerprint density at radius 3 is 1.51 bits per heavy atom. The van der Waals surface area contributed by atoms with E-state index in [1.165, 1.54) is 89.9 Å². The SMILES string of the molecule is CC/C=C\C/C=C\C/C=C\C/C=C\C/C=C\CC(=O)NC(COC1OC(CO)C(O)C(O)C1O)C(O)CCCCCCCCCCCCCCCCCCC. The van der Waals surface area contributed by atoms with Crippen LogP contribution in [0.4, 0.5) is 0 Å². The number of allylic oxidation sites excluding steroid dienone is 9. The van der Waals surface area contributed by atoms with E-state index in [0.29, 0.717) is 12.8 Å². The minimum absolute atomic E-state index is 0.135. The molecule has 1 aliphatic heterocycles. The molecule has 1 rings (SSSR count). The summed E-state index contributed by atoms with van der Waals surface area (Å²) in [4.78, 5) is 12.9. The van der Waals surface area contributed by atoms with Crippen LogP contribution < -0.4 is 5.32 Å². The molecule has 1 heterocycles. The van der Waals surface area contributed by atoms with E-state index in [1.54, 1.807) is 6.08 Å². The van der Waals surface area contributed by atoms with E-state index in [9.17, 15) is 30.3 Å². The minimum Gasteiger partial charge on any atom is -0.394 e. The standard InChI is InChI=1S/C46H81NO8/c1-3-5-7-9-11-13-15-17-19-20-22-23-25-27-29-31-33-35-40(49)39(38-54-46-45(53)44(52)43(51)41(37-48)55-46)47-42(50)36-34-32-30-28-26-24-21-18-16-14-12-10-8-6-4-2/h6,8,12,14,18,21,26,28,32,34,39-41,43-46,48-49,51-53H,3-5,7,9-11,13,15-17,19-20,22-25,27,29-31,33,35-38H2,1-2H3,(H,47,50)/b8-6-,14-12-,21-18-,28-26-,34-32-. The number of rotatable bonds is 35. The van der Waals surface area contributed by atoms with E-state index in [1.807, 2.05) is 6.08 Å². The lowest BCUT2D eigenvalue weighted by molar-refractivity contribution is -0.302. The van der Waals surface area contributed by atoms with Crippen molar-refractivity contribution in [3.63, 3.8) is 0 Å². The summed E-state index contributed by atoms with van der Waals surface area (Å²) in [5, 5.41) is 54.2. The first-order valence-electron chi connectivity index (χ1n) is 22.0. The van der Waals surface area contributed by atoms with Crippen LogP contribution in [0.5, 0.6) is 0 Å². The van der Waals surface area contributed by atoms with Crippen LogP contribution in [0.3, 0.4) is 0 Å². The van der Waals surface area contributed by atoms with E-state index >= 15 is 0 Å². The van der Waals surface area contributed by atoms with E-state index < -0.39 is 49.5 Å². The molecule has 7 atom stereocenters. The molecule has 0 aromatic heterocycles. The van der Waals surface area contributed by atoms with Crippen LogP contribution >= 0.6 is 0 Å². The molecule has 0 radical (unpaired) electrons. The zero-order chi connectivity index (χ0) is 40.2. The number of hydrogen-bond acceptors (Lipinski definition) is 8. The predicted octanol–water partition coefficient (Wildman–Crippen LogP) is 8.83. The zero-order valence-electron chi connectivity index (χ0n) is 34.7. The molecule has 1 saturated heterocycles. The van der Waals surface area contributed by atoms with Gasteiger partial charge in [-0.3, -0.25) is 4.79 Å². The van der Waals surface area contributed by atoms with E-state index in [2.05, 4.69) is 67.8 Å². The molecule has 1 amide bonds. The quantitative estimate of drug-likeness (QED) is 0.0277. The summed E-state index contributed by atoms with van der Waals surface area (Å²) in [5.41, 5.74) is 0. The Hall–Kier alpha value is -2.11. The van der Waals surface area contributed by atoms with Crippen molar-refractivity contribution < 1.29 is 39.8 Å². The van der Waals surface area contributed by atoms with Crippen LogP contribution in [0, 0.1) is 0 Å². The van der Waals surface area contributed by atoms with Crippen molar-refractivity contribution in [1.29, 1.82) is 0 Å². The highest BCUT2D eigenvalue weighted by molar-refractivity contribution is 5.77. The summed E-state index contributed by atoms with van der Waals surface area (Å²) in [5.74, 6) is -0.273. The van der Waals surface area contributed by atoms with Crippen LogP contribution in [0.1, 0.15) is 168 Å². The van der Waals surface area contributed by atoms with Crippen molar-refractivity contribution in [3.05, 3.63) is 60.8 Å². The summed E-state index contributed by atoms with van der Waals surface area (Å²) in [6, 6.07) is -0.774. The normalized spacial score (nSPS) is 21.9. The summed E-state index contributed by atoms with van der Waals surface area (Å²) >= 11 is 0. The Bertz CT molecular complexity index is 1040. The molecule has 9 heteroatoms. The van der Waals surface area contributed by atoms with Crippen molar-refractivity contribution >= 4 is 5.91 Å². The average molecular weight is 776 g/mol. The van der Waals surface area contributed by atoms with Gasteiger partial charge in [0.25, 0.3) is 0 Å². The summed E-state index contributed by atoms with van der Waals surface area (Å²) < 4.78 is 11.2. The second kappa shape index (κ2) is 36.2. The highest BCUT2D eigenvalue weighted by Crippen LogP contribution is 2.23. The molecule has 9 nitrogen and oxygen atoms in total. The first kappa shape index (κ1) is 50.9. The largest absolute Gasteiger partial charge is 0.394 e. The van der Waals surface area contributed by atoms with Crippen molar-refractivity contribution in [2.45, 2.75) is 211 Å². The molecule has 55 heavy (non-hydrogen) atoms. The molecule has 0 aromatic carbocycles. The number of aliphatic hydroxyl groups is 5. The number of ether oxygens (including phenoxy) is 2. The van der Waals surface area contributed by atoms with Crippen molar-refractivity contribution in [2.75, 3.05) is 13.2 Å². The maximum Gasteiger partial charge on any atom is 0.224 e. The van der Waals surface area contributed by atoms with E-state index in [0.717, 1.165) is 44.9 Å². The number of carbonyl (C=O) groups excluding carboxylic acids is 1. The topological polar surface area (TPSA) is 149 Å². The lowest BCUT2D eigenvalue weighted by Gasteiger charge is -2.40. The Labute approximate surface area is 335 Å². The molecule has 0 aromatic rings. The van der Waals surface area contributed by atoms with Gasteiger partial charge in [-0.25, -0.2) is 0 Å². The van der Waals surface area contributed by atoms with Gasteiger partial charge < -0.3 is 40.3 Å². The van der Waals surface area contributed by atoms with Gasteiger partial charge >= 0.3 is 0 Å². The fourth-order valence-corrected chi connectivity index (χ4v) is 6.64. The highest BCUT2D eigenvalue weighted by atomic mass is 16.7. The summed E-state index contributed by atoms with van der Waals surface area (Å²) in [7, 11) is 0. The van der Waals surface area contributed by atoms with Gasteiger partial charge in [-0.2, -0.15) is 0 Å². The van der Waals surface area contributed by atoms with Gasteiger partial charge in [0.15, 0.2) is 6.29 Å². The van der Waals surface area contributed by atoms with Crippen LogP contribution in [-0.2, 0) is 14.3 Å². The molecule has 0 spiro atoms. The average Bonchev–Trinajstić information content (AvgIpc) is 3.18. The number of amides is 1. The Kier molecular flexibility index (Phi) is 33.5. The molecular weight excluding hydrogens is 695 g/mol. The molecule has 6 N–H and O–H groups in total. The summed E-state index contributed by atoms with van der Waals surface area (Å²) in [6.07, 6.45) is 39.6. The van der Waals surface area contributed by atoms with Gasteiger partial charge in [0.1, 0.15) is 24.4 Å². The molecule has 7 unspecified atom stereocenters. The lowest BCUT2D eigenvalue weighted by atomic mass is 9.99. The van der Waals surface area contributed by atoms with Crippen LogP contribution in [0.2, 0.25) is 0 Å². The van der Waals surface area contributed by atoms with Gasteiger partial charge in [0.2, 0.25) is 5.91 Å². The van der Waals surface area contributed by atoms with Crippen LogP contribution in [-0.4, -0.2) is 87.5 Å². The number of nitrogens with one attached hydrogen (secondary N) is 1. The van der Waals surface area contributed by atoms with Crippen molar-refractivity contribution in [2.24, 2.45) is 0 Å². The zero-order valence-corrected chi connectivity index (χ0v) is 34.7. The fourth-order valence-electron chi connectivity index (χ4n) is 6.64. The summed E-state index contributed by atoms with van der Waals surface area (Å²) in [6.45, 7) is 3.65. The number of unbranched alkanes of at least 4 members (excludes halogenated alkanes) is 16. The molecule has 0 saturated carbocycles. The third-order valence-corrected chi connectivity index (χ3v) is 10.2. The molecular formula is C46H81NO8. The monoisotopic (exact) mass is 776 g/mol. The van der Waals surface area contributed by atoms with Crippen molar-refractivity contribution in [3.8, 4) is 0 Å². The smallest absolute Gasteiger partial charge is 0.224 e. The van der Waals surface area contributed by atoms with Gasteiger partial charge in [-0.15, -0.1) is 0 Å². The van der Waals surface area contributed by atoms with E-state index in [4.69, 9.17) is 9.47 Å². The maximum atomic E-state index is 12.9. The van der Waals surface area contributed by atoms with Crippen LogP contribution in [0.25, 0.3) is 0 Å². The van der Waals surface area contributed by atoms with Gasteiger partial charge in [0.05, 0.1) is 25.4 Å². The number of carbonyl (C=O) groups is 1. The molecule has 0 aliphatic carbocycles. The third-order valence-electron chi connectivity index (χ3n) is 10.2. The Morgan fingerprint density at radius 2 is 1.05 bits per heavy atom. The second-order valence-electron chi connectivity index (χ2n) is 15.1. The first-order chi connectivity index (χ1) is 26.8. The Morgan fingerprint density at radius 1 is 0.618 bits per heavy atom. The highest BCUT2D eigenvalue weighted by Gasteiger charge is 2.44. The molecule has 0 bridgehead atoms. The van der Waals surface area contributed by atoms with Gasteiger partial charge in [-0.1, -0.05) is 184 Å². The van der Waals surface area contributed by atoms with Gasteiger partial charge in [0, 0.05) is 6.42 Å². The second-order valence-corrected chi connectivity index (χ2v) is 15.1.